The Hall–Kier alpha value is -4.57. The molecule has 13 nitrogen and oxygen atoms in total. The van der Waals surface area contributed by atoms with Gasteiger partial charge in [-0.15, -0.1) is 10.2 Å². The smallest absolute Gasteiger partial charge is 0.416 e. The van der Waals surface area contributed by atoms with Gasteiger partial charge in [0.05, 0.1) is 24.9 Å². The van der Waals surface area contributed by atoms with Crippen molar-refractivity contribution in [3.05, 3.63) is 75.4 Å². The second-order valence-electron chi connectivity index (χ2n) is 8.18. The maximum Gasteiger partial charge on any atom is 0.416 e. The van der Waals surface area contributed by atoms with Crippen LogP contribution >= 0.6 is 11.6 Å². The number of hydrogen-bond acceptors (Lipinski definition) is 9. The molecule has 0 aliphatic heterocycles. The molecule has 1 aromatic carbocycles. The monoisotopic (exact) mass is 580 g/mol. The van der Waals surface area contributed by atoms with Crippen molar-refractivity contribution < 1.29 is 32.6 Å². The minimum atomic E-state index is -5.00. The number of aliphatic hydroxyl groups is 1. The summed E-state index contributed by atoms with van der Waals surface area (Å²) in [5, 5.41) is 18.3. The van der Waals surface area contributed by atoms with E-state index in [1.807, 2.05) is 0 Å². The fourth-order valence-corrected chi connectivity index (χ4v) is 3.74. The highest BCUT2D eigenvalue weighted by Gasteiger charge is 2.39. The molecule has 17 heteroatoms. The van der Waals surface area contributed by atoms with Gasteiger partial charge in [0, 0.05) is 16.8 Å². The molecule has 0 saturated heterocycles. The number of carbonyl (C=O) groups is 2. The molecule has 40 heavy (non-hydrogen) atoms. The number of rotatable bonds is 9. The molecule has 3 N–H and O–H groups in total. The summed E-state index contributed by atoms with van der Waals surface area (Å²) in [5.41, 5.74) is 4.65. The number of aliphatic hydroxyl groups excluding tert-OH is 1. The second-order valence-corrected chi connectivity index (χ2v) is 8.62. The van der Waals surface area contributed by atoms with Crippen LogP contribution < -0.4 is 11.4 Å². The maximum atomic E-state index is 13.1. The van der Waals surface area contributed by atoms with E-state index < -0.39 is 48.8 Å². The Morgan fingerprint density at radius 1 is 1.18 bits per heavy atom. The lowest BCUT2D eigenvalue weighted by molar-refractivity contribution is -0.207. The fourth-order valence-electron chi connectivity index (χ4n) is 3.62. The van der Waals surface area contributed by atoms with Crippen LogP contribution in [-0.4, -0.2) is 70.0 Å². The standard InChI is InChI=1S/C23H20ClF3N8O5/c1-2-40-21(38)14-7-8-29-9-15(14)35-20(18(28)37)30-17(31-35)11-34-22(39)33(10-16(36)23(25,26)27)19(32-34)12-3-5-13(24)6-4-12/h3-9,16,36H,2,10-11H2,1H3,(H2,28,37)/t16-/m0/s1. The van der Waals surface area contributed by atoms with E-state index in [9.17, 15) is 32.7 Å². The number of carbonyl (C=O) groups excluding carboxylic acids is 2. The molecular formula is C23H20ClF3N8O5. The van der Waals surface area contributed by atoms with Crippen molar-refractivity contribution in [1.82, 2.24) is 34.1 Å². The molecule has 0 radical (unpaired) electrons. The van der Waals surface area contributed by atoms with E-state index in [1.165, 1.54) is 42.7 Å². The van der Waals surface area contributed by atoms with Crippen molar-refractivity contribution in [2.75, 3.05) is 6.61 Å². The van der Waals surface area contributed by atoms with Gasteiger partial charge in [-0.2, -0.15) is 13.2 Å². The van der Waals surface area contributed by atoms with Crippen molar-refractivity contribution in [3.8, 4) is 17.1 Å². The number of benzene rings is 1. The first-order valence-electron chi connectivity index (χ1n) is 11.5. The number of nitrogens with two attached hydrogens (primary N) is 1. The number of amides is 1. The number of ether oxygens (including phenoxy) is 1. The van der Waals surface area contributed by atoms with Crippen LogP contribution in [0.3, 0.4) is 0 Å². The van der Waals surface area contributed by atoms with E-state index in [-0.39, 0.29) is 35.1 Å². The lowest BCUT2D eigenvalue weighted by Gasteiger charge is -2.15. The third-order valence-electron chi connectivity index (χ3n) is 5.44. The van der Waals surface area contributed by atoms with Crippen LogP contribution in [0.15, 0.2) is 47.5 Å². The molecular weight excluding hydrogens is 561 g/mol. The van der Waals surface area contributed by atoms with Crippen molar-refractivity contribution in [1.29, 1.82) is 0 Å². The van der Waals surface area contributed by atoms with E-state index in [2.05, 4.69) is 20.2 Å². The minimum Gasteiger partial charge on any atom is -0.462 e. The number of primary amides is 1. The van der Waals surface area contributed by atoms with Gasteiger partial charge in [0.25, 0.3) is 5.91 Å². The van der Waals surface area contributed by atoms with Crippen LogP contribution in [0.25, 0.3) is 17.1 Å². The average molecular weight is 581 g/mol. The number of esters is 1. The summed E-state index contributed by atoms with van der Waals surface area (Å²) in [6, 6.07) is 7.09. The van der Waals surface area contributed by atoms with Crippen molar-refractivity contribution >= 4 is 23.5 Å². The van der Waals surface area contributed by atoms with E-state index in [1.54, 1.807) is 6.92 Å². The van der Waals surface area contributed by atoms with Crippen LogP contribution in [0, 0.1) is 0 Å². The quantitative estimate of drug-likeness (QED) is 0.279. The summed E-state index contributed by atoms with van der Waals surface area (Å²) < 4.78 is 46.7. The third kappa shape index (κ3) is 5.86. The van der Waals surface area contributed by atoms with E-state index in [4.69, 9.17) is 22.1 Å². The molecule has 1 amide bonds. The molecule has 0 saturated carbocycles. The van der Waals surface area contributed by atoms with Gasteiger partial charge >= 0.3 is 17.8 Å². The van der Waals surface area contributed by atoms with Crippen LogP contribution in [0.2, 0.25) is 5.02 Å². The van der Waals surface area contributed by atoms with Crippen molar-refractivity contribution in [2.45, 2.75) is 32.3 Å². The van der Waals surface area contributed by atoms with Crippen LogP contribution in [0.1, 0.15) is 33.7 Å². The Kier molecular flexibility index (Phi) is 8.01. The molecule has 3 heterocycles. The van der Waals surface area contributed by atoms with E-state index in [0.717, 1.165) is 9.36 Å². The molecule has 210 valence electrons. The Labute approximate surface area is 227 Å². The molecule has 0 fully saturated rings. The minimum absolute atomic E-state index is 0.00142. The van der Waals surface area contributed by atoms with Crippen LogP contribution in [0.5, 0.6) is 0 Å². The van der Waals surface area contributed by atoms with Gasteiger partial charge in [0.1, 0.15) is 12.2 Å². The first kappa shape index (κ1) is 28.4. The molecule has 4 rings (SSSR count). The zero-order valence-corrected chi connectivity index (χ0v) is 21.3. The van der Waals surface area contributed by atoms with Crippen molar-refractivity contribution in [3.63, 3.8) is 0 Å². The normalized spacial score (nSPS) is 12.3. The highest BCUT2D eigenvalue weighted by atomic mass is 35.5. The molecule has 0 aliphatic rings. The molecule has 3 aromatic heterocycles. The van der Waals surface area contributed by atoms with Crippen LogP contribution in [-0.2, 0) is 17.8 Å². The number of pyridine rings is 1. The molecule has 0 bridgehead atoms. The van der Waals surface area contributed by atoms with Crippen molar-refractivity contribution in [2.24, 2.45) is 5.73 Å². The summed E-state index contributed by atoms with van der Waals surface area (Å²) in [7, 11) is 0. The summed E-state index contributed by atoms with van der Waals surface area (Å²) in [5.74, 6) is -2.59. The number of hydrogen-bond donors (Lipinski definition) is 2. The molecule has 1 atom stereocenters. The third-order valence-corrected chi connectivity index (χ3v) is 5.70. The first-order chi connectivity index (χ1) is 18.9. The average Bonchev–Trinajstić information content (AvgIpc) is 3.46. The Morgan fingerprint density at radius 3 is 2.50 bits per heavy atom. The van der Waals surface area contributed by atoms with Crippen LogP contribution in [0.4, 0.5) is 13.2 Å². The Bertz CT molecular complexity index is 1610. The first-order valence-corrected chi connectivity index (χ1v) is 11.8. The van der Waals surface area contributed by atoms with E-state index >= 15 is 0 Å². The zero-order chi connectivity index (χ0) is 29.2. The number of nitrogens with zero attached hydrogens (tertiary/aromatic N) is 7. The van der Waals surface area contributed by atoms with Gasteiger partial charge in [-0.25, -0.2) is 23.9 Å². The zero-order valence-electron chi connectivity index (χ0n) is 20.5. The summed E-state index contributed by atoms with van der Waals surface area (Å²) >= 11 is 5.90. The Balaban J connectivity index is 1.79. The topological polar surface area (TPSA) is 173 Å². The van der Waals surface area contributed by atoms with Gasteiger partial charge < -0.3 is 15.6 Å². The Morgan fingerprint density at radius 2 is 1.88 bits per heavy atom. The van der Waals surface area contributed by atoms with Gasteiger partial charge in [0.15, 0.2) is 17.8 Å². The second kappa shape index (κ2) is 11.3. The highest BCUT2D eigenvalue weighted by Crippen LogP contribution is 2.24. The fraction of sp³-hybridized carbons (Fsp3) is 0.261. The predicted octanol–water partition coefficient (Wildman–Crippen LogP) is 1.59. The van der Waals surface area contributed by atoms with Gasteiger partial charge in [-0.3, -0.25) is 14.3 Å². The lowest BCUT2D eigenvalue weighted by Crippen LogP contribution is -2.37. The van der Waals surface area contributed by atoms with E-state index in [0.29, 0.717) is 9.59 Å². The highest BCUT2D eigenvalue weighted by molar-refractivity contribution is 6.30. The summed E-state index contributed by atoms with van der Waals surface area (Å²) in [6.07, 6.45) is -5.33. The van der Waals surface area contributed by atoms with Gasteiger partial charge in [0.2, 0.25) is 5.82 Å². The lowest BCUT2D eigenvalue weighted by atomic mass is 10.2. The largest absolute Gasteiger partial charge is 0.462 e. The molecule has 0 spiro atoms. The molecule has 0 aliphatic carbocycles. The number of alkyl halides is 3. The SMILES string of the molecule is CCOC(=O)c1ccncc1-n1nc(Cn2nc(-c3ccc(Cl)cc3)n(C[C@H](O)C(F)(F)F)c2=O)nc1C(N)=O. The number of aromatic nitrogens is 7. The molecule has 4 aromatic rings. The predicted molar refractivity (Wildman–Crippen MR) is 132 cm³/mol. The number of halogens is 4. The molecule has 0 unspecified atom stereocenters. The summed E-state index contributed by atoms with van der Waals surface area (Å²) in [4.78, 5) is 45.7. The van der Waals surface area contributed by atoms with Gasteiger partial charge in [-0.05, 0) is 37.3 Å². The van der Waals surface area contributed by atoms with Gasteiger partial charge in [-0.1, -0.05) is 11.6 Å². The summed E-state index contributed by atoms with van der Waals surface area (Å²) in [6.45, 7) is 0.00455. The maximum absolute atomic E-state index is 13.1.